The maximum Gasteiger partial charge on any atom is 0.0556 e. The van der Waals surface area contributed by atoms with E-state index in [0.29, 0.717) is 5.54 Å². The number of hydrogen-bond acceptors (Lipinski definition) is 0. The fourth-order valence-electron chi connectivity index (χ4n) is 2.78. The minimum absolute atomic E-state index is 0. The zero-order valence-electron chi connectivity index (χ0n) is 10.7. The molecule has 2 radical (unpaired) electrons. The molecule has 0 saturated heterocycles. The van der Waals surface area contributed by atoms with Gasteiger partial charge in [-0.15, -0.1) is 0 Å². The van der Waals surface area contributed by atoms with Crippen molar-refractivity contribution in [2.45, 2.75) is 18.6 Å². The van der Waals surface area contributed by atoms with Crippen LogP contribution in [0.1, 0.15) is 16.7 Å². The van der Waals surface area contributed by atoms with Gasteiger partial charge in [-0.1, -0.05) is 61.6 Å². The zero-order chi connectivity index (χ0) is 11.1. The van der Waals surface area contributed by atoms with Crippen molar-refractivity contribution in [3.8, 4) is 11.1 Å². The molecule has 0 bridgehead atoms. The zero-order valence-corrected chi connectivity index (χ0v) is 11.7. The molecule has 0 unspecified atom stereocenters. The fraction of sp³-hybridized carbons (Fsp3) is 0.200. The molecule has 0 spiro atoms. The second-order valence-corrected chi connectivity index (χ2v) is 7.42. The van der Waals surface area contributed by atoms with Crippen molar-refractivity contribution in [3.05, 3.63) is 59.7 Å². The predicted molar refractivity (Wildman–Crippen MR) is 77.0 cm³/mol. The van der Waals surface area contributed by atoms with Crippen LogP contribution in [-0.4, -0.2) is 27.7 Å². The van der Waals surface area contributed by atoms with E-state index in [1.54, 1.807) is 11.1 Å². The van der Waals surface area contributed by atoms with Crippen LogP contribution in [0.2, 0.25) is 13.1 Å². The van der Waals surface area contributed by atoms with Crippen LogP contribution in [0.4, 0.5) is 0 Å². The minimum Gasteiger partial charge on any atom is -0.0705 e. The maximum absolute atomic E-state index is 2.41. The van der Waals surface area contributed by atoms with Crippen LogP contribution in [0.15, 0.2) is 48.5 Å². The topological polar surface area (TPSA) is 0 Å². The molecule has 17 heavy (non-hydrogen) atoms. The first-order chi connectivity index (χ1) is 7.79. The molecule has 3 rings (SSSR count). The molecule has 0 aromatic heterocycles. The van der Waals surface area contributed by atoms with E-state index in [0.717, 1.165) is 0 Å². The average molecular weight is 230 g/mol. The number of rotatable bonds is 1. The molecule has 80 valence electrons. The van der Waals surface area contributed by atoms with Gasteiger partial charge in [0.1, 0.15) is 0 Å². The van der Waals surface area contributed by atoms with Crippen molar-refractivity contribution in [3.63, 3.8) is 0 Å². The summed E-state index contributed by atoms with van der Waals surface area (Å²) in [6.07, 6.45) is 0. The van der Waals surface area contributed by atoms with Crippen molar-refractivity contribution >= 4 is 27.7 Å². The molecule has 2 heteroatoms. The van der Waals surface area contributed by atoms with Crippen LogP contribution < -0.4 is 0 Å². The molecule has 1 aliphatic carbocycles. The van der Waals surface area contributed by atoms with Crippen LogP contribution >= 0.6 is 0 Å². The summed E-state index contributed by atoms with van der Waals surface area (Å²) in [4.78, 5) is 0. The van der Waals surface area contributed by atoms with E-state index >= 15 is 0 Å². The maximum atomic E-state index is 2.41. The van der Waals surface area contributed by atoms with Gasteiger partial charge in [-0.25, -0.2) is 0 Å². The smallest absolute Gasteiger partial charge is 0.0556 e. The van der Waals surface area contributed by atoms with E-state index in [9.17, 15) is 0 Å². The third-order valence-corrected chi connectivity index (χ3v) is 5.19. The summed E-state index contributed by atoms with van der Waals surface area (Å²) in [6.45, 7) is 4.82. The molecule has 1 aliphatic rings. The molecule has 0 N–H and O–H groups in total. The van der Waals surface area contributed by atoms with Gasteiger partial charge in [0.2, 0.25) is 0 Å². The van der Waals surface area contributed by atoms with Gasteiger partial charge in [0.25, 0.3) is 0 Å². The first-order valence-corrected chi connectivity index (χ1v) is 8.35. The van der Waals surface area contributed by atoms with Gasteiger partial charge in [-0.3, -0.25) is 0 Å². The van der Waals surface area contributed by atoms with E-state index in [1.807, 2.05) is 0 Å². The quantitative estimate of drug-likeness (QED) is 0.655. The summed E-state index contributed by atoms with van der Waals surface area (Å²) in [6, 6.07) is 17.8. The molecule has 0 heterocycles. The van der Waals surface area contributed by atoms with Gasteiger partial charge in [-0.2, -0.15) is 0 Å². The SMILES string of the molecule is C[Si](C)C1c2ccccc2-c2ccccc21.[Li]. The Morgan fingerprint density at radius 1 is 0.765 bits per heavy atom. The largest absolute Gasteiger partial charge is 0.0705 e. The van der Waals surface area contributed by atoms with Gasteiger partial charge in [-0.05, 0) is 22.3 Å². The van der Waals surface area contributed by atoms with Crippen molar-refractivity contribution in [1.29, 1.82) is 0 Å². The summed E-state index contributed by atoms with van der Waals surface area (Å²) < 4.78 is 0. The Morgan fingerprint density at radius 2 is 1.18 bits per heavy atom. The monoisotopic (exact) mass is 230 g/mol. The van der Waals surface area contributed by atoms with Gasteiger partial charge in [0, 0.05) is 24.4 Å². The molecular formula is C15H15LiSi. The standard InChI is InChI=1S/C15H15Si.Li/c1-16(2)15-13-9-5-3-7-11(13)12-8-4-6-10-14(12)15;/h3-10,15H,1-2H3;. The molecule has 2 aromatic rings. The molecule has 0 atom stereocenters. The van der Waals surface area contributed by atoms with Gasteiger partial charge in [0.05, 0.1) is 8.80 Å². The average Bonchev–Trinajstić information content (AvgIpc) is 2.63. The molecule has 0 amide bonds. The Kier molecular flexibility index (Phi) is 3.63. The number of fused-ring (bicyclic) bond motifs is 3. The second kappa shape index (κ2) is 4.86. The van der Waals surface area contributed by atoms with Crippen LogP contribution in [0.3, 0.4) is 0 Å². The van der Waals surface area contributed by atoms with Crippen molar-refractivity contribution in [1.82, 2.24) is 0 Å². The van der Waals surface area contributed by atoms with Crippen LogP contribution in [0.25, 0.3) is 11.1 Å². The summed E-state index contributed by atoms with van der Waals surface area (Å²) in [5.41, 5.74) is 6.67. The van der Waals surface area contributed by atoms with Crippen molar-refractivity contribution in [2.75, 3.05) is 0 Å². The first kappa shape index (κ1) is 12.7. The Labute approximate surface area is 117 Å². The molecule has 0 fully saturated rings. The van der Waals surface area contributed by atoms with Crippen LogP contribution in [0, 0.1) is 0 Å². The Hall–Kier alpha value is -0.746. The summed E-state index contributed by atoms with van der Waals surface area (Å²) >= 11 is 0. The fourth-order valence-corrected chi connectivity index (χ4v) is 4.53. The summed E-state index contributed by atoms with van der Waals surface area (Å²) in [5.74, 6) is 0. The Morgan fingerprint density at radius 3 is 1.59 bits per heavy atom. The molecule has 0 saturated carbocycles. The molecule has 2 aromatic carbocycles. The van der Waals surface area contributed by atoms with Crippen LogP contribution in [0.5, 0.6) is 0 Å². The third-order valence-electron chi connectivity index (χ3n) is 3.41. The normalized spacial score (nSPS) is 13.1. The van der Waals surface area contributed by atoms with Gasteiger partial charge < -0.3 is 0 Å². The number of hydrogen-bond donors (Lipinski definition) is 0. The van der Waals surface area contributed by atoms with E-state index in [1.165, 1.54) is 11.1 Å². The Balaban J connectivity index is 0.00000108. The molecule has 0 aliphatic heterocycles. The van der Waals surface area contributed by atoms with Crippen molar-refractivity contribution in [2.24, 2.45) is 0 Å². The van der Waals surface area contributed by atoms with E-state index in [2.05, 4.69) is 61.6 Å². The summed E-state index contributed by atoms with van der Waals surface area (Å²) in [5, 5.41) is 0. The molecule has 0 nitrogen and oxygen atoms in total. The van der Waals surface area contributed by atoms with E-state index < -0.39 is 0 Å². The van der Waals surface area contributed by atoms with Gasteiger partial charge >= 0.3 is 0 Å². The van der Waals surface area contributed by atoms with Gasteiger partial charge in [0.15, 0.2) is 0 Å². The second-order valence-electron chi connectivity index (χ2n) is 4.68. The van der Waals surface area contributed by atoms with E-state index in [-0.39, 0.29) is 27.7 Å². The first-order valence-electron chi connectivity index (χ1n) is 5.77. The van der Waals surface area contributed by atoms with Crippen molar-refractivity contribution < 1.29 is 0 Å². The van der Waals surface area contributed by atoms with Crippen LogP contribution in [-0.2, 0) is 0 Å². The Bertz CT molecular complexity index is 488. The summed E-state index contributed by atoms with van der Waals surface area (Å²) in [7, 11) is -0.336. The predicted octanol–water partition coefficient (Wildman–Crippen LogP) is 3.71. The molecular weight excluding hydrogens is 215 g/mol. The third kappa shape index (κ3) is 1.93. The number of benzene rings is 2. The minimum atomic E-state index is -0.336. The van der Waals surface area contributed by atoms with E-state index in [4.69, 9.17) is 0 Å².